The fourth-order valence-corrected chi connectivity index (χ4v) is 1.69. The lowest BCUT2D eigenvalue weighted by Crippen LogP contribution is -2.37. The highest BCUT2D eigenvalue weighted by Gasteiger charge is 2.32. The molecule has 2 N–H and O–H groups in total. The summed E-state index contributed by atoms with van der Waals surface area (Å²) in [7, 11) is 0. The molecule has 0 radical (unpaired) electrons. The van der Waals surface area contributed by atoms with Crippen LogP contribution in [0.5, 0.6) is 0 Å². The highest BCUT2D eigenvalue weighted by Crippen LogP contribution is 2.33. The van der Waals surface area contributed by atoms with Crippen LogP contribution >= 0.6 is 0 Å². The van der Waals surface area contributed by atoms with Gasteiger partial charge >= 0.3 is 0 Å². The second-order valence-electron chi connectivity index (χ2n) is 4.01. The average Bonchev–Trinajstić information content (AvgIpc) is 2.09. The Balaban J connectivity index is 2.26. The Labute approximate surface area is 83.8 Å². The first-order chi connectivity index (χ1) is 6.59. The van der Waals surface area contributed by atoms with Crippen molar-refractivity contribution >= 4 is 0 Å². The number of halogens is 2. The van der Waals surface area contributed by atoms with Crippen molar-refractivity contribution in [1.82, 2.24) is 0 Å². The number of alkyl halides is 2. The summed E-state index contributed by atoms with van der Waals surface area (Å²) in [6.45, 7) is 0.816. The molecule has 0 saturated heterocycles. The highest BCUT2D eigenvalue weighted by atomic mass is 19.3. The zero-order chi connectivity index (χ0) is 10.6. The zero-order valence-corrected chi connectivity index (χ0v) is 8.64. The van der Waals surface area contributed by atoms with Gasteiger partial charge in [0, 0.05) is 0 Å². The molecule has 0 heterocycles. The third-order valence-corrected chi connectivity index (χ3v) is 2.89. The van der Waals surface area contributed by atoms with Crippen LogP contribution in [0.1, 0.15) is 32.6 Å². The second-order valence-corrected chi connectivity index (χ2v) is 4.01. The van der Waals surface area contributed by atoms with Gasteiger partial charge in [0.1, 0.15) is 6.61 Å². The molecule has 1 saturated carbocycles. The molecule has 0 aromatic heterocycles. The fraction of sp³-hybridized carbons (Fsp3) is 1.00. The van der Waals surface area contributed by atoms with Crippen molar-refractivity contribution in [3.63, 3.8) is 0 Å². The van der Waals surface area contributed by atoms with Gasteiger partial charge in [-0.3, -0.25) is 0 Å². The van der Waals surface area contributed by atoms with Crippen LogP contribution in [0.25, 0.3) is 0 Å². The second kappa shape index (κ2) is 5.03. The van der Waals surface area contributed by atoms with Gasteiger partial charge in [0.15, 0.2) is 0 Å². The lowest BCUT2D eigenvalue weighted by atomic mass is 9.80. The van der Waals surface area contributed by atoms with Gasteiger partial charge in [-0.1, -0.05) is 13.3 Å². The SMILES string of the molecule is CCC(OCC(F)(F)CN)C1CCC1. The molecule has 0 aliphatic heterocycles. The number of ether oxygens (including phenoxy) is 1. The standard InChI is InChI=1S/C10H19F2NO/c1-2-9(8-4-3-5-8)14-7-10(11,12)6-13/h8-9H,2-7,13H2,1H3. The van der Waals surface area contributed by atoms with Crippen molar-refractivity contribution < 1.29 is 13.5 Å². The van der Waals surface area contributed by atoms with Crippen molar-refractivity contribution in [2.24, 2.45) is 11.7 Å². The molecule has 0 aromatic rings. The molecule has 0 bridgehead atoms. The van der Waals surface area contributed by atoms with Crippen molar-refractivity contribution in [1.29, 1.82) is 0 Å². The van der Waals surface area contributed by atoms with E-state index in [-0.39, 0.29) is 6.10 Å². The summed E-state index contributed by atoms with van der Waals surface area (Å²) < 4.78 is 30.8. The molecule has 0 amide bonds. The van der Waals surface area contributed by atoms with Crippen LogP contribution in [0.2, 0.25) is 0 Å². The normalized spacial score (nSPS) is 20.6. The van der Waals surface area contributed by atoms with Crippen LogP contribution in [0, 0.1) is 5.92 Å². The Morgan fingerprint density at radius 3 is 2.50 bits per heavy atom. The van der Waals surface area contributed by atoms with E-state index in [0.29, 0.717) is 5.92 Å². The smallest absolute Gasteiger partial charge is 0.282 e. The first kappa shape index (κ1) is 11.9. The van der Waals surface area contributed by atoms with E-state index in [1.807, 2.05) is 6.92 Å². The first-order valence-corrected chi connectivity index (χ1v) is 5.28. The van der Waals surface area contributed by atoms with Gasteiger partial charge in [0.05, 0.1) is 12.6 Å². The lowest BCUT2D eigenvalue weighted by Gasteiger charge is -2.33. The predicted molar refractivity (Wildman–Crippen MR) is 51.4 cm³/mol. The van der Waals surface area contributed by atoms with E-state index < -0.39 is 19.1 Å². The van der Waals surface area contributed by atoms with E-state index in [9.17, 15) is 8.78 Å². The first-order valence-electron chi connectivity index (χ1n) is 5.28. The average molecular weight is 207 g/mol. The van der Waals surface area contributed by atoms with Gasteiger partial charge in [0.2, 0.25) is 0 Å². The molecule has 1 unspecified atom stereocenters. The molecule has 0 aromatic carbocycles. The minimum atomic E-state index is -2.86. The van der Waals surface area contributed by atoms with Gasteiger partial charge in [-0.2, -0.15) is 0 Å². The zero-order valence-electron chi connectivity index (χ0n) is 8.64. The quantitative estimate of drug-likeness (QED) is 0.724. The molecule has 0 spiro atoms. The summed E-state index contributed by atoms with van der Waals surface area (Å²) in [5, 5.41) is 0. The monoisotopic (exact) mass is 207 g/mol. The Morgan fingerprint density at radius 2 is 2.14 bits per heavy atom. The summed E-state index contributed by atoms with van der Waals surface area (Å²) in [4.78, 5) is 0. The Bertz CT molecular complexity index is 172. The maximum Gasteiger partial charge on any atom is 0.282 e. The summed E-state index contributed by atoms with van der Waals surface area (Å²) in [5.41, 5.74) is 4.93. The largest absolute Gasteiger partial charge is 0.372 e. The van der Waals surface area contributed by atoms with Crippen LogP contribution in [-0.2, 0) is 4.74 Å². The summed E-state index contributed by atoms with van der Waals surface area (Å²) in [6, 6.07) is 0. The van der Waals surface area contributed by atoms with E-state index in [2.05, 4.69) is 0 Å². The minimum Gasteiger partial charge on any atom is -0.372 e. The Kier molecular flexibility index (Phi) is 4.26. The number of hydrogen-bond acceptors (Lipinski definition) is 2. The van der Waals surface area contributed by atoms with E-state index in [1.165, 1.54) is 6.42 Å². The molecule has 84 valence electrons. The molecule has 1 fully saturated rings. The van der Waals surface area contributed by atoms with Gasteiger partial charge in [-0.05, 0) is 25.2 Å². The molecule has 1 aliphatic rings. The topological polar surface area (TPSA) is 35.2 Å². The summed E-state index contributed by atoms with van der Waals surface area (Å²) in [5.74, 6) is -2.37. The number of nitrogens with two attached hydrogens (primary N) is 1. The lowest BCUT2D eigenvalue weighted by molar-refractivity contribution is -0.114. The predicted octanol–water partition coefficient (Wildman–Crippen LogP) is 2.18. The van der Waals surface area contributed by atoms with Gasteiger partial charge in [0.25, 0.3) is 5.92 Å². The third kappa shape index (κ3) is 3.17. The molecular formula is C10H19F2NO. The van der Waals surface area contributed by atoms with Crippen LogP contribution in [0.4, 0.5) is 8.78 Å². The van der Waals surface area contributed by atoms with E-state index in [1.54, 1.807) is 0 Å². The molecular weight excluding hydrogens is 188 g/mol. The van der Waals surface area contributed by atoms with Crippen LogP contribution < -0.4 is 5.73 Å². The van der Waals surface area contributed by atoms with Crippen molar-refractivity contribution in [2.75, 3.05) is 13.2 Å². The van der Waals surface area contributed by atoms with Crippen LogP contribution in [0.15, 0.2) is 0 Å². The van der Waals surface area contributed by atoms with E-state index in [4.69, 9.17) is 10.5 Å². The molecule has 14 heavy (non-hydrogen) atoms. The van der Waals surface area contributed by atoms with Gasteiger partial charge < -0.3 is 10.5 Å². The maximum atomic E-state index is 12.8. The van der Waals surface area contributed by atoms with Crippen molar-refractivity contribution in [2.45, 2.75) is 44.6 Å². The summed E-state index contributed by atoms with van der Waals surface area (Å²) >= 11 is 0. The van der Waals surface area contributed by atoms with Crippen LogP contribution in [-0.4, -0.2) is 25.2 Å². The maximum absolute atomic E-state index is 12.8. The highest BCUT2D eigenvalue weighted by molar-refractivity contribution is 4.78. The van der Waals surface area contributed by atoms with E-state index >= 15 is 0 Å². The Hall–Kier alpha value is -0.220. The number of hydrogen-bond donors (Lipinski definition) is 1. The molecule has 1 atom stereocenters. The van der Waals surface area contributed by atoms with Gasteiger partial charge in [-0.15, -0.1) is 0 Å². The van der Waals surface area contributed by atoms with Crippen LogP contribution in [0.3, 0.4) is 0 Å². The molecule has 4 heteroatoms. The van der Waals surface area contributed by atoms with Crippen molar-refractivity contribution in [3.05, 3.63) is 0 Å². The molecule has 1 rings (SSSR count). The fourth-order valence-electron chi connectivity index (χ4n) is 1.69. The summed E-state index contributed by atoms with van der Waals surface area (Å²) in [6.07, 6.45) is 4.25. The van der Waals surface area contributed by atoms with E-state index in [0.717, 1.165) is 19.3 Å². The molecule has 1 aliphatic carbocycles. The number of rotatable bonds is 6. The third-order valence-electron chi connectivity index (χ3n) is 2.89. The minimum absolute atomic E-state index is 0.00109. The van der Waals surface area contributed by atoms with Gasteiger partial charge in [-0.25, -0.2) is 8.78 Å². The van der Waals surface area contributed by atoms with Crippen molar-refractivity contribution in [3.8, 4) is 0 Å². The Morgan fingerprint density at radius 1 is 1.50 bits per heavy atom. The molecule has 2 nitrogen and oxygen atoms in total.